The van der Waals surface area contributed by atoms with Gasteiger partial charge in [0.05, 0.1) is 14.7 Å². The second-order valence-corrected chi connectivity index (χ2v) is 12.5. The standard InChI is InChI=1S/C12H18OSi.C8H13NO4/c1-4-9-14(2,3)12-7-5-11(10-13)6-8-12;1-5(10)6(11)9-7(12)13-8(2,3)4/h4-8,13H,1,9-10H2,2-3H3;1-4H3,(H,9,11,12). The van der Waals surface area contributed by atoms with Crippen molar-refractivity contribution in [1.82, 2.24) is 5.32 Å². The van der Waals surface area contributed by atoms with Crippen molar-refractivity contribution >= 4 is 31.0 Å². The predicted octanol–water partition coefficient (Wildman–Crippen LogP) is 2.91. The normalized spacial score (nSPS) is 10.9. The molecular formula is C20H31NO5Si. The summed E-state index contributed by atoms with van der Waals surface area (Å²) >= 11 is 0. The van der Waals surface area contributed by atoms with Gasteiger partial charge < -0.3 is 9.84 Å². The molecule has 0 aliphatic carbocycles. The summed E-state index contributed by atoms with van der Waals surface area (Å²) in [4.78, 5) is 32.0. The van der Waals surface area contributed by atoms with Crippen molar-refractivity contribution in [2.75, 3.05) is 0 Å². The van der Waals surface area contributed by atoms with Gasteiger partial charge in [0, 0.05) is 6.92 Å². The molecule has 0 heterocycles. The summed E-state index contributed by atoms with van der Waals surface area (Å²) in [5.41, 5.74) is 0.304. The van der Waals surface area contributed by atoms with E-state index in [1.54, 1.807) is 26.1 Å². The number of alkyl carbamates (subject to hydrolysis) is 1. The molecule has 0 spiro atoms. The minimum absolute atomic E-state index is 0.129. The van der Waals surface area contributed by atoms with E-state index in [0.717, 1.165) is 18.5 Å². The highest BCUT2D eigenvalue weighted by atomic mass is 28.3. The summed E-state index contributed by atoms with van der Waals surface area (Å²) in [6.07, 6.45) is 1.10. The van der Waals surface area contributed by atoms with Gasteiger partial charge >= 0.3 is 6.09 Å². The number of aliphatic hydroxyl groups excluding tert-OH is 1. The molecule has 7 heteroatoms. The molecule has 150 valence electrons. The number of ether oxygens (including phenoxy) is 1. The zero-order valence-electron chi connectivity index (χ0n) is 17.1. The Morgan fingerprint density at radius 2 is 1.70 bits per heavy atom. The molecule has 0 saturated carbocycles. The molecule has 0 aromatic heterocycles. The molecule has 2 N–H and O–H groups in total. The van der Waals surface area contributed by atoms with Gasteiger partial charge in [-0.05, 0) is 32.4 Å². The number of hydrogen-bond acceptors (Lipinski definition) is 5. The quantitative estimate of drug-likeness (QED) is 0.456. The van der Waals surface area contributed by atoms with Crippen LogP contribution in [0.4, 0.5) is 4.79 Å². The third kappa shape index (κ3) is 10.5. The lowest BCUT2D eigenvalue weighted by Gasteiger charge is -2.21. The van der Waals surface area contributed by atoms with Gasteiger partial charge in [-0.25, -0.2) is 4.79 Å². The van der Waals surface area contributed by atoms with Gasteiger partial charge in [-0.1, -0.05) is 48.6 Å². The van der Waals surface area contributed by atoms with Crippen molar-refractivity contribution in [2.24, 2.45) is 0 Å². The summed E-state index contributed by atoms with van der Waals surface area (Å²) in [7, 11) is -1.31. The second-order valence-electron chi connectivity index (χ2n) is 7.74. The average molecular weight is 394 g/mol. The average Bonchev–Trinajstić information content (AvgIpc) is 2.53. The summed E-state index contributed by atoms with van der Waals surface area (Å²) in [6.45, 7) is 14.6. The topological polar surface area (TPSA) is 92.7 Å². The molecule has 0 atom stereocenters. The maximum Gasteiger partial charge on any atom is 0.414 e. The summed E-state index contributed by atoms with van der Waals surface area (Å²) < 4.78 is 4.74. The van der Waals surface area contributed by atoms with Crippen LogP contribution in [0.15, 0.2) is 36.9 Å². The van der Waals surface area contributed by atoms with Crippen LogP contribution >= 0.6 is 0 Å². The van der Waals surface area contributed by atoms with Crippen LogP contribution < -0.4 is 10.5 Å². The van der Waals surface area contributed by atoms with Gasteiger partial charge in [-0.3, -0.25) is 14.9 Å². The maximum atomic E-state index is 10.9. The lowest BCUT2D eigenvalue weighted by Crippen LogP contribution is -2.40. The Kier molecular flexibility index (Phi) is 9.89. The summed E-state index contributed by atoms with van der Waals surface area (Å²) in [5.74, 6) is -1.69. The molecule has 0 bridgehead atoms. The number of carbonyl (C=O) groups is 3. The Balaban J connectivity index is 0.000000503. The van der Waals surface area contributed by atoms with E-state index in [-0.39, 0.29) is 6.61 Å². The van der Waals surface area contributed by atoms with Gasteiger partial charge in [-0.15, -0.1) is 6.58 Å². The fraction of sp³-hybridized carbons (Fsp3) is 0.450. The number of rotatable bonds is 5. The van der Waals surface area contributed by atoms with Gasteiger partial charge in [0.1, 0.15) is 5.60 Å². The van der Waals surface area contributed by atoms with E-state index in [2.05, 4.69) is 31.8 Å². The molecule has 0 aliphatic rings. The lowest BCUT2D eigenvalue weighted by atomic mass is 10.2. The Bertz CT molecular complexity index is 660. The van der Waals surface area contributed by atoms with Crippen LogP contribution in [-0.2, 0) is 20.9 Å². The Morgan fingerprint density at radius 1 is 1.19 bits per heavy atom. The van der Waals surface area contributed by atoms with E-state index >= 15 is 0 Å². The first-order chi connectivity index (χ1) is 12.3. The van der Waals surface area contributed by atoms with Crippen molar-refractivity contribution in [3.8, 4) is 0 Å². The third-order valence-corrected chi connectivity index (χ3v) is 6.71. The Labute approximate surface area is 162 Å². The fourth-order valence-electron chi connectivity index (χ4n) is 2.02. The van der Waals surface area contributed by atoms with Gasteiger partial charge in [0.25, 0.3) is 5.91 Å². The summed E-state index contributed by atoms with van der Waals surface area (Å²) in [6, 6.07) is 9.40. The minimum Gasteiger partial charge on any atom is -0.444 e. The summed E-state index contributed by atoms with van der Waals surface area (Å²) in [5, 5.41) is 12.1. The molecular weight excluding hydrogens is 362 g/mol. The molecule has 0 saturated heterocycles. The number of aliphatic hydroxyl groups is 1. The number of nitrogens with one attached hydrogen (secondary N) is 1. The first kappa shape index (κ1) is 24.7. The van der Waals surface area contributed by atoms with Crippen LogP contribution in [0.1, 0.15) is 33.3 Å². The first-order valence-corrected chi connectivity index (χ1v) is 11.9. The lowest BCUT2D eigenvalue weighted by molar-refractivity contribution is -0.136. The van der Waals surface area contributed by atoms with Gasteiger partial charge in [0.2, 0.25) is 5.78 Å². The molecule has 6 nitrogen and oxygen atoms in total. The molecule has 1 aromatic carbocycles. The number of ketones is 1. The Morgan fingerprint density at radius 3 is 2.07 bits per heavy atom. The molecule has 0 aliphatic heterocycles. The van der Waals surface area contributed by atoms with Crippen LogP contribution in [0.2, 0.25) is 19.1 Å². The number of amides is 2. The van der Waals surface area contributed by atoms with E-state index in [1.807, 2.05) is 18.2 Å². The van der Waals surface area contributed by atoms with Gasteiger partial charge in [-0.2, -0.15) is 0 Å². The molecule has 2 amide bonds. The maximum absolute atomic E-state index is 10.9. The fourth-order valence-corrected chi connectivity index (χ4v) is 4.05. The second kappa shape index (κ2) is 10.8. The number of hydrogen-bond donors (Lipinski definition) is 2. The zero-order valence-corrected chi connectivity index (χ0v) is 18.1. The van der Waals surface area contributed by atoms with E-state index in [0.29, 0.717) is 0 Å². The SMILES string of the molecule is C=CC[Si](C)(C)c1ccc(CO)cc1.CC(=O)C(=O)NC(=O)OC(C)(C)C. The van der Waals surface area contributed by atoms with Crippen LogP contribution in [0.5, 0.6) is 0 Å². The highest BCUT2D eigenvalue weighted by molar-refractivity contribution is 6.90. The number of Topliss-reactive ketones (excluding diaryl/α,β-unsaturated/α-hetero) is 1. The molecule has 0 unspecified atom stereocenters. The zero-order chi connectivity index (χ0) is 21.3. The highest BCUT2D eigenvalue weighted by Crippen LogP contribution is 2.11. The van der Waals surface area contributed by atoms with Crippen molar-refractivity contribution in [1.29, 1.82) is 0 Å². The predicted molar refractivity (Wildman–Crippen MR) is 110 cm³/mol. The van der Waals surface area contributed by atoms with Crippen molar-refractivity contribution < 1.29 is 24.2 Å². The first-order valence-electron chi connectivity index (χ1n) is 8.68. The molecule has 1 rings (SSSR count). The van der Waals surface area contributed by atoms with Crippen molar-refractivity contribution in [3.63, 3.8) is 0 Å². The van der Waals surface area contributed by atoms with E-state index in [4.69, 9.17) is 9.84 Å². The van der Waals surface area contributed by atoms with E-state index in [1.165, 1.54) is 5.19 Å². The molecule has 0 fully saturated rings. The van der Waals surface area contributed by atoms with E-state index < -0.39 is 31.5 Å². The monoisotopic (exact) mass is 393 g/mol. The number of benzene rings is 1. The number of imide groups is 1. The van der Waals surface area contributed by atoms with Crippen LogP contribution in [-0.4, -0.2) is 36.6 Å². The Hall–Kier alpha value is -2.25. The van der Waals surface area contributed by atoms with Crippen LogP contribution in [0, 0.1) is 0 Å². The van der Waals surface area contributed by atoms with Crippen molar-refractivity contribution in [3.05, 3.63) is 42.5 Å². The van der Waals surface area contributed by atoms with Crippen LogP contribution in [0.3, 0.4) is 0 Å². The molecule has 1 aromatic rings. The largest absolute Gasteiger partial charge is 0.444 e. The number of allylic oxidation sites excluding steroid dienone is 1. The van der Waals surface area contributed by atoms with E-state index in [9.17, 15) is 14.4 Å². The van der Waals surface area contributed by atoms with Gasteiger partial charge in [0.15, 0.2) is 0 Å². The molecule has 0 radical (unpaired) electrons. The minimum atomic E-state index is -1.31. The highest BCUT2D eigenvalue weighted by Gasteiger charge is 2.21. The molecule has 27 heavy (non-hydrogen) atoms. The smallest absolute Gasteiger partial charge is 0.414 e. The van der Waals surface area contributed by atoms with Crippen LogP contribution in [0.25, 0.3) is 0 Å². The van der Waals surface area contributed by atoms with Crippen molar-refractivity contribution in [2.45, 2.75) is 59.0 Å². The third-order valence-electron chi connectivity index (χ3n) is 3.51. The number of carbonyl (C=O) groups excluding carboxylic acids is 3.